The Kier molecular flexibility index (Phi) is 9.03. The quantitative estimate of drug-likeness (QED) is 0.377. The zero-order chi connectivity index (χ0) is 18.2. The number of nitrogens with zero attached hydrogens (tertiary/aromatic N) is 2. The highest BCUT2D eigenvalue weighted by molar-refractivity contribution is 14.0. The molecule has 1 saturated heterocycles. The summed E-state index contributed by atoms with van der Waals surface area (Å²) in [6, 6.07) is 19.0. The molecular formula is C21H29IN4O. The summed E-state index contributed by atoms with van der Waals surface area (Å²) in [6.07, 6.45) is 1.03. The number of nitrogens with two attached hydrogens (primary N) is 1. The molecule has 0 aliphatic carbocycles. The van der Waals surface area contributed by atoms with Crippen LogP contribution < -0.4 is 11.1 Å². The number of rotatable bonds is 6. The van der Waals surface area contributed by atoms with Crippen LogP contribution in [0.15, 0.2) is 59.6 Å². The van der Waals surface area contributed by atoms with E-state index < -0.39 is 0 Å². The molecule has 2 aromatic carbocycles. The molecule has 0 bridgehead atoms. The number of aliphatic imine (C=N–C) groups is 1. The second-order valence-corrected chi connectivity index (χ2v) is 6.48. The fourth-order valence-corrected chi connectivity index (χ4v) is 3.19. The number of anilines is 1. The van der Waals surface area contributed by atoms with Crippen LogP contribution in [0.5, 0.6) is 0 Å². The van der Waals surface area contributed by atoms with Gasteiger partial charge in [-0.05, 0) is 29.7 Å². The van der Waals surface area contributed by atoms with Crippen molar-refractivity contribution in [3.05, 3.63) is 65.7 Å². The maximum Gasteiger partial charge on any atom is 0.193 e. The van der Waals surface area contributed by atoms with E-state index in [1.165, 1.54) is 11.1 Å². The fourth-order valence-electron chi connectivity index (χ4n) is 3.19. The van der Waals surface area contributed by atoms with Crippen molar-refractivity contribution in [1.29, 1.82) is 0 Å². The summed E-state index contributed by atoms with van der Waals surface area (Å²) in [5.74, 6) is 0.448. The SMILES string of the molecule is CCc1ccc(NC(N)=NCC(c2ccccc2)N2CCOCC2)cc1.I. The monoisotopic (exact) mass is 480 g/mol. The molecular weight excluding hydrogens is 451 g/mol. The molecule has 0 radical (unpaired) electrons. The molecule has 0 saturated carbocycles. The first kappa shape index (κ1) is 21.7. The first-order chi connectivity index (χ1) is 12.8. The van der Waals surface area contributed by atoms with Gasteiger partial charge in [-0.3, -0.25) is 9.89 Å². The summed E-state index contributed by atoms with van der Waals surface area (Å²) in [5.41, 5.74) is 9.66. The molecule has 1 aliphatic rings. The Labute approximate surface area is 179 Å². The lowest BCUT2D eigenvalue weighted by Gasteiger charge is -2.34. The minimum Gasteiger partial charge on any atom is -0.379 e. The van der Waals surface area contributed by atoms with Crippen LogP contribution in [0.3, 0.4) is 0 Å². The lowest BCUT2D eigenvalue weighted by molar-refractivity contribution is 0.0180. The molecule has 3 rings (SSSR count). The smallest absolute Gasteiger partial charge is 0.193 e. The van der Waals surface area contributed by atoms with Gasteiger partial charge in [0.15, 0.2) is 5.96 Å². The standard InChI is InChI=1S/C21H28N4O.HI/c1-2-17-8-10-19(11-9-17)24-21(22)23-16-20(18-6-4-3-5-7-18)25-12-14-26-15-13-25;/h3-11,20H,2,12-16H2,1H3,(H3,22,23,24);1H. The van der Waals surface area contributed by atoms with Crippen LogP contribution in [0, 0.1) is 0 Å². The molecule has 0 spiro atoms. The van der Waals surface area contributed by atoms with E-state index in [9.17, 15) is 0 Å². The van der Waals surface area contributed by atoms with E-state index in [0.29, 0.717) is 12.5 Å². The number of ether oxygens (including phenoxy) is 1. The molecule has 0 aromatic heterocycles. The molecule has 1 atom stereocenters. The number of nitrogens with one attached hydrogen (secondary N) is 1. The largest absolute Gasteiger partial charge is 0.379 e. The van der Waals surface area contributed by atoms with Crippen molar-refractivity contribution in [3.63, 3.8) is 0 Å². The molecule has 1 heterocycles. The lowest BCUT2D eigenvalue weighted by atomic mass is 10.1. The van der Waals surface area contributed by atoms with Crippen LogP contribution in [0.2, 0.25) is 0 Å². The predicted molar refractivity (Wildman–Crippen MR) is 123 cm³/mol. The van der Waals surface area contributed by atoms with E-state index in [-0.39, 0.29) is 30.0 Å². The number of hydrogen-bond acceptors (Lipinski definition) is 3. The van der Waals surface area contributed by atoms with Crippen molar-refractivity contribution in [1.82, 2.24) is 4.90 Å². The summed E-state index contributed by atoms with van der Waals surface area (Å²) >= 11 is 0. The predicted octanol–water partition coefficient (Wildman–Crippen LogP) is 3.67. The Morgan fingerprint density at radius 2 is 1.78 bits per heavy atom. The topological polar surface area (TPSA) is 62.9 Å². The van der Waals surface area contributed by atoms with Crippen molar-refractivity contribution in [3.8, 4) is 0 Å². The first-order valence-corrected chi connectivity index (χ1v) is 9.29. The van der Waals surface area contributed by atoms with Gasteiger partial charge in [0.1, 0.15) is 0 Å². The second kappa shape index (κ2) is 11.3. The van der Waals surface area contributed by atoms with Gasteiger partial charge in [-0.2, -0.15) is 0 Å². The van der Waals surface area contributed by atoms with E-state index in [1.807, 2.05) is 18.2 Å². The Morgan fingerprint density at radius 3 is 2.41 bits per heavy atom. The van der Waals surface area contributed by atoms with Crippen LogP contribution in [0.1, 0.15) is 24.1 Å². The van der Waals surface area contributed by atoms with E-state index in [1.54, 1.807) is 0 Å². The van der Waals surface area contributed by atoms with Crippen LogP contribution >= 0.6 is 24.0 Å². The summed E-state index contributed by atoms with van der Waals surface area (Å²) in [6.45, 7) is 6.14. The molecule has 2 aromatic rings. The van der Waals surface area contributed by atoms with Crippen LogP contribution in [0.4, 0.5) is 5.69 Å². The number of benzene rings is 2. The zero-order valence-corrected chi connectivity index (χ0v) is 18.1. The highest BCUT2D eigenvalue weighted by Crippen LogP contribution is 2.22. The maximum absolute atomic E-state index is 6.13. The highest BCUT2D eigenvalue weighted by atomic mass is 127. The third-order valence-corrected chi connectivity index (χ3v) is 4.74. The second-order valence-electron chi connectivity index (χ2n) is 6.48. The Hall–Kier alpha value is -1.64. The van der Waals surface area contributed by atoms with Gasteiger partial charge in [0, 0.05) is 18.8 Å². The molecule has 27 heavy (non-hydrogen) atoms. The van der Waals surface area contributed by atoms with E-state index >= 15 is 0 Å². The first-order valence-electron chi connectivity index (χ1n) is 9.29. The van der Waals surface area contributed by atoms with Crippen molar-refractivity contribution < 1.29 is 4.74 Å². The molecule has 1 aliphatic heterocycles. The Morgan fingerprint density at radius 1 is 1.11 bits per heavy atom. The third kappa shape index (κ3) is 6.48. The number of guanidine groups is 1. The van der Waals surface area contributed by atoms with E-state index in [2.05, 4.69) is 58.5 Å². The Balaban J connectivity index is 0.00000261. The van der Waals surface area contributed by atoms with Gasteiger partial charge in [0.2, 0.25) is 0 Å². The Bertz CT molecular complexity index is 700. The van der Waals surface area contributed by atoms with Gasteiger partial charge in [-0.15, -0.1) is 24.0 Å². The average molecular weight is 480 g/mol. The van der Waals surface area contributed by atoms with Crippen molar-refractivity contribution in [2.45, 2.75) is 19.4 Å². The molecule has 146 valence electrons. The van der Waals surface area contributed by atoms with E-state index in [0.717, 1.165) is 38.4 Å². The van der Waals surface area contributed by atoms with Gasteiger partial charge in [0.05, 0.1) is 25.8 Å². The van der Waals surface area contributed by atoms with Gasteiger partial charge >= 0.3 is 0 Å². The average Bonchev–Trinajstić information content (AvgIpc) is 2.70. The summed E-state index contributed by atoms with van der Waals surface area (Å²) in [5, 5.41) is 3.19. The minimum atomic E-state index is 0. The highest BCUT2D eigenvalue weighted by Gasteiger charge is 2.22. The molecule has 0 amide bonds. The van der Waals surface area contributed by atoms with Crippen LogP contribution in [0.25, 0.3) is 0 Å². The molecule has 5 nitrogen and oxygen atoms in total. The van der Waals surface area contributed by atoms with Crippen molar-refractivity contribution >= 4 is 35.6 Å². The molecule has 1 fully saturated rings. The number of halogens is 1. The van der Waals surface area contributed by atoms with Crippen LogP contribution in [-0.2, 0) is 11.2 Å². The molecule has 1 unspecified atom stereocenters. The summed E-state index contributed by atoms with van der Waals surface area (Å²) in [7, 11) is 0. The van der Waals surface area contributed by atoms with Gasteiger partial charge in [-0.1, -0.05) is 49.4 Å². The van der Waals surface area contributed by atoms with Gasteiger partial charge in [-0.25, -0.2) is 0 Å². The third-order valence-electron chi connectivity index (χ3n) is 4.74. The minimum absolute atomic E-state index is 0. The van der Waals surface area contributed by atoms with E-state index in [4.69, 9.17) is 10.5 Å². The summed E-state index contributed by atoms with van der Waals surface area (Å²) < 4.78 is 5.49. The maximum atomic E-state index is 6.13. The van der Waals surface area contributed by atoms with Gasteiger partial charge in [0.25, 0.3) is 0 Å². The van der Waals surface area contributed by atoms with Crippen LogP contribution in [-0.4, -0.2) is 43.7 Å². The van der Waals surface area contributed by atoms with Gasteiger partial charge < -0.3 is 15.8 Å². The molecule has 6 heteroatoms. The normalized spacial score (nSPS) is 16.4. The fraction of sp³-hybridized carbons (Fsp3) is 0.381. The number of hydrogen-bond donors (Lipinski definition) is 2. The number of morpholine rings is 1. The lowest BCUT2D eigenvalue weighted by Crippen LogP contribution is -2.40. The summed E-state index contributed by atoms with van der Waals surface area (Å²) in [4.78, 5) is 7.04. The number of aryl methyl sites for hydroxylation is 1. The zero-order valence-electron chi connectivity index (χ0n) is 15.8. The van der Waals surface area contributed by atoms with Crippen molar-refractivity contribution in [2.75, 3.05) is 38.2 Å². The molecule has 3 N–H and O–H groups in total. The van der Waals surface area contributed by atoms with Crippen molar-refractivity contribution in [2.24, 2.45) is 10.7 Å².